The third kappa shape index (κ3) is 3.02. The van der Waals surface area contributed by atoms with Crippen molar-refractivity contribution in [3.8, 4) is 0 Å². The first-order valence-corrected chi connectivity index (χ1v) is 8.64. The Morgan fingerprint density at radius 1 is 1.32 bits per heavy atom. The molecular formula is C17H24N4O4. The van der Waals surface area contributed by atoms with Gasteiger partial charge in [-0.1, -0.05) is 6.92 Å². The van der Waals surface area contributed by atoms with Crippen molar-refractivity contribution < 1.29 is 9.53 Å². The summed E-state index contributed by atoms with van der Waals surface area (Å²) < 4.78 is 9.76. The van der Waals surface area contributed by atoms with Crippen LogP contribution in [0.2, 0.25) is 0 Å². The summed E-state index contributed by atoms with van der Waals surface area (Å²) in [4.78, 5) is 37.4. The fraction of sp³-hybridized carbons (Fsp3) is 0.588. The monoisotopic (exact) mass is 348 g/mol. The number of carbonyl (C=O) groups excluding carboxylic acids is 1. The SMILES string of the molecule is CCCn1c(C(=O)NC[C@H]2CCCO2)cc2c(=O)n(C)c(=O)n(C)c21. The number of ether oxygens (including phenoxy) is 1. The predicted molar refractivity (Wildman–Crippen MR) is 94.0 cm³/mol. The van der Waals surface area contributed by atoms with Crippen LogP contribution in [0.4, 0.5) is 0 Å². The lowest BCUT2D eigenvalue weighted by molar-refractivity contribution is 0.0850. The van der Waals surface area contributed by atoms with E-state index in [0.717, 1.165) is 30.4 Å². The number of aryl methyl sites for hydroxylation is 2. The highest BCUT2D eigenvalue weighted by Gasteiger charge is 2.22. The quantitative estimate of drug-likeness (QED) is 0.845. The number of fused-ring (bicyclic) bond motifs is 1. The molecule has 1 N–H and O–H groups in total. The molecular weight excluding hydrogens is 324 g/mol. The van der Waals surface area contributed by atoms with Crippen LogP contribution in [-0.2, 0) is 25.4 Å². The molecule has 136 valence electrons. The highest BCUT2D eigenvalue weighted by molar-refractivity contribution is 5.97. The van der Waals surface area contributed by atoms with Gasteiger partial charge in [0.2, 0.25) is 0 Å². The Morgan fingerprint density at radius 2 is 2.08 bits per heavy atom. The van der Waals surface area contributed by atoms with Gasteiger partial charge in [0.1, 0.15) is 11.3 Å². The molecule has 1 fully saturated rings. The summed E-state index contributed by atoms with van der Waals surface area (Å²) in [5.41, 5.74) is 0.0887. The second kappa shape index (κ2) is 6.87. The standard InChI is InChI=1S/C17H24N4O4/c1-4-7-21-13(14(22)18-10-11-6-5-8-25-11)9-12-15(21)19(2)17(24)20(3)16(12)23/h9,11H,4-8,10H2,1-3H3,(H,18,22)/t11-/m1/s1. The Balaban J connectivity index is 2.04. The molecule has 0 unspecified atom stereocenters. The molecule has 1 aliphatic rings. The maximum atomic E-state index is 12.7. The van der Waals surface area contributed by atoms with Gasteiger partial charge in [-0.15, -0.1) is 0 Å². The van der Waals surface area contributed by atoms with Crippen molar-refractivity contribution in [3.63, 3.8) is 0 Å². The maximum absolute atomic E-state index is 12.7. The molecule has 0 saturated carbocycles. The average molecular weight is 348 g/mol. The molecule has 1 atom stereocenters. The van der Waals surface area contributed by atoms with Gasteiger partial charge < -0.3 is 14.6 Å². The van der Waals surface area contributed by atoms with Gasteiger partial charge >= 0.3 is 5.69 Å². The van der Waals surface area contributed by atoms with Crippen molar-refractivity contribution >= 4 is 16.9 Å². The molecule has 0 aromatic carbocycles. The van der Waals surface area contributed by atoms with Crippen LogP contribution >= 0.6 is 0 Å². The zero-order valence-corrected chi connectivity index (χ0v) is 14.9. The molecule has 0 radical (unpaired) electrons. The third-order valence-corrected chi connectivity index (χ3v) is 4.69. The molecule has 1 aliphatic heterocycles. The van der Waals surface area contributed by atoms with Gasteiger partial charge in [0.05, 0.1) is 11.5 Å². The number of amides is 1. The zero-order chi connectivity index (χ0) is 18.1. The molecule has 0 aliphatic carbocycles. The van der Waals surface area contributed by atoms with Crippen LogP contribution in [0.25, 0.3) is 11.0 Å². The summed E-state index contributed by atoms with van der Waals surface area (Å²) >= 11 is 0. The van der Waals surface area contributed by atoms with Gasteiger partial charge in [-0.05, 0) is 25.3 Å². The highest BCUT2D eigenvalue weighted by Crippen LogP contribution is 2.17. The maximum Gasteiger partial charge on any atom is 0.332 e. The Labute approximate surface area is 145 Å². The normalized spacial score (nSPS) is 17.3. The number of rotatable bonds is 5. The van der Waals surface area contributed by atoms with E-state index in [9.17, 15) is 14.4 Å². The van der Waals surface area contributed by atoms with Crippen molar-refractivity contribution in [2.75, 3.05) is 13.2 Å². The van der Waals surface area contributed by atoms with Crippen LogP contribution in [0, 0.1) is 0 Å². The van der Waals surface area contributed by atoms with E-state index >= 15 is 0 Å². The third-order valence-electron chi connectivity index (χ3n) is 4.69. The first-order chi connectivity index (χ1) is 12.0. The molecule has 1 saturated heterocycles. The van der Waals surface area contributed by atoms with Gasteiger partial charge in [0.25, 0.3) is 11.5 Å². The fourth-order valence-corrected chi connectivity index (χ4v) is 3.38. The highest BCUT2D eigenvalue weighted by atomic mass is 16.5. The number of carbonyl (C=O) groups is 1. The summed E-state index contributed by atoms with van der Waals surface area (Å²) in [7, 11) is 3.06. The molecule has 1 amide bonds. The summed E-state index contributed by atoms with van der Waals surface area (Å²) in [6.45, 7) is 3.71. The number of hydrogen-bond donors (Lipinski definition) is 1. The van der Waals surface area contributed by atoms with Crippen molar-refractivity contribution in [2.45, 2.75) is 38.8 Å². The molecule has 25 heavy (non-hydrogen) atoms. The molecule has 0 bridgehead atoms. The number of aromatic nitrogens is 3. The summed E-state index contributed by atoms with van der Waals surface area (Å²) in [6.07, 6.45) is 2.77. The van der Waals surface area contributed by atoms with E-state index < -0.39 is 5.69 Å². The molecule has 0 spiro atoms. The molecule has 2 aromatic rings. The zero-order valence-electron chi connectivity index (χ0n) is 14.9. The van der Waals surface area contributed by atoms with Gasteiger partial charge in [0.15, 0.2) is 0 Å². The largest absolute Gasteiger partial charge is 0.376 e. The van der Waals surface area contributed by atoms with Crippen LogP contribution in [0.1, 0.15) is 36.7 Å². The van der Waals surface area contributed by atoms with E-state index in [0.29, 0.717) is 29.8 Å². The summed E-state index contributed by atoms with van der Waals surface area (Å²) in [6, 6.07) is 1.58. The molecule has 3 heterocycles. The van der Waals surface area contributed by atoms with Gasteiger partial charge in [-0.25, -0.2) is 4.79 Å². The topological polar surface area (TPSA) is 87.3 Å². The van der Waals surface area contributed by atoms with Crippen LogP contribution in [-0.4, -0.2) is 38.9 Å². The van der Waals surface area contributed by atoms with Crippen molar-refractivity contribution in [3.05, 3.63) is 32.6 Å². The number of hydrogen-bond acceptors (Lipinski definition) is 4. The van der Waals surface area contributed by atoms with Crippen LogP contribution < -0.4 is 16.6 Å². The number of nitrogens with zero attached hydrogens (tertiary/aromatic N) is 3. The molecule has 8 heteroatoms. The smallest absolute Gasteiger partial charge is 0.332 e. The first-order valence-electron chi connectivity index (χ1n) is 8.64. The molecule has 2 aromatic heterocycles. The molecule has 3 rings (SSSR count). The Kier molecular flexibility index (Phi) is 4.80. The second-order valence-electron chi connectivity index (χ2n) is 6.47. The summed E-state index contributed by atoms with van der Waals surface area (Å²) in [5.74, 6) is -0.255. The van der Waals surface area contributed by atoms with E-state index in [2.05, 4.69) is 5.32 Å². The van der Waals surface area contributed by atoms with Crippen molar-refractivity contribution in [1.29, 1.82) is 0 Å². The Hall–Kier alpha value is -2.35. The van der Waals surface area contributed by atoms with E-state index in [1.807, 2.05) is 6.92 Å². The van der Waals surface area contributed by atoms with Crippen molar-refractivity contribution in [1.82, 2.24) is 19.0 Å². The first kappa shape index (κ1) is 17.5. The lowest BCUT2D eigenvalue weighted by atomic mass is 10.2. The Morgan fingerprint density at radius 3 is 2.72 bits per heavy atom. The van der Waals surface area contributed by atoms with Gasteiger partial charge in [-0.2, -0.15) is 0 Å². The van der Waals surface area contributed by atoms with Gasteiger partial charge in [-0.3, -0.25) is 18.7 Å². The van der Waals surface area contributed by atoms with E-state index in [1.54, 1.807) is 17.7 Å². The lowest BCUT2D eigenvalue weighted by Crippen LogP contribution is -2.37. The van der Waals surface area contributed by atoms with E-state index in [-0.39, 0.29) is 17.6 Å². The van der Waals surface area contributed by atoms with E-state index in [4.69, 9.17) is 4.74 Å². The van der Waals surface area contributed by atoms with E-state index in [1.165, 1.54) is 11.6 Å². The fourth-order valence-electron chi connectivity index (χ4n) is 3.38. The minimum absolute atomic E-state index is 0.0465. The summed E-state index contributed by atoms with van der Waals surface area (Å²) in [5, 5.41) is 3.26. The minimum Gasteiger partial charge on any atom is -0.376 e. The molecule has 8 nitrogen and oxygen atoms in total. The van der Waals surface area contributed by atoms with Crippen LogP contribution in [0.5, 0.6) is 0 Å². The lowest BCUT2D eigenvalue weighted by Gasteiger charge is -2.14. The number of nitrogens with one attached hydrogen (secondary N) is 1. The predicted octanol–water partition coefficient (Wildman–Crippen LogP) is 0.358. The van der Waals surface area contributed by atoms with Crippen molar-refractivity contribution in [2.24, 2.45) is 14.1 Å². The van der Waals surface area contributed by atoms with Crippen LogP contribution in [0.15, 0.2) is 15.7 Å². The Bertz CT molecular complexity index is 915. The second-order valence-corrected chi connectivity index (χ2v) is 6.47. The minimum atomic E-state index is -0.403. The average Bonchev–Trinajstić information content (AvgIpc) is 3.24. The van der Waals surface area contributed by atoms with Crippen LogP contribution in [0.3, 0.4) is 0 Å². The van der Waals surface area contributed by atoms with Gasteiger partial charge in [0, 0.05) is 33.8 Å².